The fourth-order valence-corrected chi connectivity index (χ4v) is 5.73. The molecule has 0 spiro atoms. The number of piperidine rings is 3. The summed E-state index contributed by atoms with van der Waals surface area (Å²) in [5, 5.41) is 4.09. The summed E-state index contributed by atoms with van der Waals surface area (Å²) in [6.07, 6.45) is 2.96. The molecule has 6 rings (SSSR count). The molecule has 28 heavy (non-hydrogen) atoms. The number of hydrogen-bond acceptors (Lipinski definition) is 4. The maximum absolute atomic E-state index is 13.6. The van der Waals surface area contributed by atoms with Gasteiger partial charge in [-0.1, -0.05) is 24.2 Å². The fraction of sp³-hybridized carbons (Fsp3) is 0.545. The maximum atomic E-state index is 13.6. The molecule has 6 heteroatoms. The Kier molecular flexibility index (Phi) is 4.27. The molecule has 0 saturated carbocycles. The first-order valence-electron chi connectivity index (χ1n) is 10.3. The number of nitrogens with zero attached hydrogens (tertiary/aromatic N) is 3. The van der Waals surface area contributed by atoms with Gasteiger partial charge in [0.1, 0.15) is 17.1 Å². The van der Waals surface area contributed by atoms with Crippen LogP contribution in [0, 0.1) is 18.7 Å². The number of carbonyl (C=O) groups is 1. The quantitative estimate of drug-likeness (QED) is 0.815. The summed E-state index contributed by atoms with van der Waals surface area (Å²) in [6.45, 7) is 6.67. The van der Waals surface area contributed by atoms with Gasteiger partial charge in [0.2, 0.25) is 0 Å². The third kappa shape index (κ3) is 2.61. The minimum Gasteiger partial charge on any atom is -0.361 e. The number of amides is 1. The van der Waals surface area contributed by atoms with Gasteiger partial charge in [-0.2, -0.15) is 0 Å². The first-order valence-corrected chi connectivity index (χ1v) is 10.3. The van der Waals surface area contributed by atoms with Gasteiger partial charge >= 0.3 is 0 Å². The molecule has 4 aliphatic heterocycles. The van der Waals surface area contributed by atoms with Gasteiger partial charge < -0.3 is 9.42 Å². The smallest absolute Gasteiger partial charge is 0.259 e. The van der Waals surface area contributed by atoms with E-state index in [1.54, 1.807) is 0 Å². The summed E-state index contributed by atoms with van der Waals surface area (Å²) in [7, 11) is 0. The van der Waals surface area contributed by atoms with Crippen molar-refractivity contribution >= 4 is 5.91 Å². The average molecular weight is 383 g/mol. The van der Waals surface area contributed by atoms with Crippen molar-refractivity contribution in [3.05, 3.63) is 52.7 Å². The van der Waals surface area contributed by atoms with Crippen LogP contribution in [0.5, 0.6) is 0 Å². The van der Waals surface area contributed by atoms with E-state index in [-0.39, 0.29) is 23.7 Å². The molecule has 0 N–H and O–H groups in total. The predicted molar refractivity (Wildman–Crippen MR) is 103 cm³/mol. The summed E-state index contributed by atoms with van der Waals surface area (Å²) < 4.78 is 18.8. The normalized spacial score (nSPS) is 31.2. The maximum Gasteiger partial charge on any atom is 0.259 e. The van der Waals surface area contributed by atoms with Gasteiger partial charge in [-0.25, -0.2) is 4.39 Å². The van der Waals surface area contributed by atoms with Gasteiger partial charge in [-0.15, -0.1) is 0 Å². The van der Waals surface area contributed by atoms with Crippen molar-refractivity contribution in [2.24, 2.45) is 5.92 Å². The van der Waals surface area contributed by atoms with Gasteiger partial charge in [0.05, 0.1) is 11.7 Å². The highest BCUT2D eigenvalue weighted by Crippen LogP contribution is 2.47. The molecular weight excluding hydrogens is 357 g/mol. The third-order valence-electron chi connectivity index (χ3n) is 7.04. The van der Waals surface area contributed by atoms with Crippen LogP contribution in [0.2, 0.25) is 0 Å². The molecule has 148 valence electrons. The molecule has 5 nitrogen and oxygen atoms in total. The van der Waals surface area contributed by atoms with E-state index >= 15 is 0 Å². The second kappa shape index (κ2) is 6.69. The lowest BCUT2D eigenvalue weighted by molar-refractivity contribution is -0.00348. The molecule has 0 aliphatic carbocycles. The van der Waals surface area contributed by atoms with Crippen molar-refractivity contribution < 1.29 is 13.7 Å². The molecule has 0 radical (unpaired) electrons. The second-order valence-corrected chi connectivity index (χ2v) is 8.38. The molecule has 1 amide bonds. The number of rotatable bonds is 3. The van der Waals surface area contributed by atoms with E-state index in [0.717, 1.165) is 37.2 Å². The lowest BCUT2D eigenvalue weighted by Gasteiger charge is -2.51. The van der Waals surface area contributed by atoms with Crippen LogP contribution in [-0.2, 0) is 6.42 Å². The summed E-state index contributed by atoms with van der Waals surface area (Å²) in [5.41, 5.74) is 2.50. The van der Waals surface area contributed by atoms with Gasteiger partial charge in [-0.3, -0.25) is 9.69 Å². The van der Waals surface area contributed by atoms with Crippen LogP contribution in [0.4, 0.5) is 4.39 Å². The number of hydrogen-bond donors (Lipinski definition) is 0. The Balaban J connectivity index is 1.54. The van der Waals surface area contributed by atoms with E-state index in [0.29, 0.717) is 36.2 Å². The molecule has 5 heterocycles. The van der Waals surface area contributed by atoms with Gasteiger partial charge in [0.15, 0.2) is 0 Å². The minimum atomic E-state index is -0.218. The van der Waals surface area contributed by atoms with Crippen molar-refractivity contribution in [3.63, 3.8) is 0 Å². The Morgan fingerprint density at radius 1 is 1.21 bits per heavy atom. The molecule has 4 fully saturated rings. The number of benzene rings is 1. The van der Waals surface area contributed by atoms with Gasteiger partial charge in [0.25, 0.3) is 5.91 Å². The number of likely N-dealkylation sites (tertiary alicyclic amines) is 1. The van der Waals surface area contributed by atoms with E-state index in [9.17, 15) is 9.18 Å². The number of aryl methyl sites for hydroxylation is 2. The van der Waals surface area contributed by atoms with Crippen molar-refractivity contribution in [1.82, 2.24) is 15.0 Å². The zero-order chi connectivity index (χ0) is 19.4. The molecule has 2 aromatic rings. The third-order valence-corrected chi connectivity index (χ3v) is 7.04. The van der Waals surface area contributed by atoms with Crippen LogP contribution in [0.3, 0.4) is 0 Å². The lowest BCUT2D eigenvalue weighted by atomic mass is 9.75. The van der Waals surface area contributed by atoms with Crippen LogP contribution in [0.1, 0.15) is 53.1 Å². The highest BCUT2D eigenvalue weighted by molar-refractivity contribution is 5.96. The minimum absolute atomic E-state index is 0.0453. The number of fused-ring (bicyclic) bond motifs is 2. The molecular formula is C22H26FN3O2. The average Bonchev–Trinajstić information content (AvgIpc) is 3.31. The summed E-state index contributed by atoms with van der Waals surface area (Å²) >= 11 is 0. The Bertz CT molecular complexity index is 886. The van der Waals surface area contributed by atoms with Crippen LogP contribution in [-0.4, -0.2) is 52.6 Å². The van der Waals surface area contributed by atoms with Crippen molar-refractivity contribution in [2.75, 3.05) is 19.6 Å². The summed E-state index contributed by atoms with van der Waals surface area (Å²) in [6, 6.07) is 7.36. The first kappa shape index (κ1) is 17.9. The zero-order valence-corrected chi connectivity index (χ0v) is 16.4. The Morgan fingerprint density at radius 3 is 2.61 bits per heavy atom. The van der Waals surface area contributed by atoms with Crippen LogP contribution in [0.25, 0.3) is 0 Å². The Hall–Kier alpha value is -2.21. The van der Waals surface area contributed by atoms with Gasteiger partial charge in [0, 0.05) is 18.5 Å². The Labute approximate surface area is 164 Å². The van der Waals surface area contributed by atoms with Crippen LogP contribution in [0.15, 0.2) is 28.8 Å². The standard InChI is InChI=1S/C22H26FN3O2/c1-3-18-19(13(2)28-24-18)22(27)26-12-17(14-4-6-16(23)7-5-14)21-20(26)15-8-10-25(21)11-9-15/h4-7,15,17,20-21H,3,8-12H2,1-2H3/t17-,20+,21+/m1/s1. The summed E-state index contributed by atoms with van der Waals surface area (Å²) in [4.78, 5) is 18.2. The highest BCUT2D eigenvalue weighted by Gasteiger charge is 2.55. The van der Waals surface area contributed by atoms with E-state index in [1.165, 1.54) is 12.1 Å². The van der Waals surface area contributed by atoms with Crippen LogP contribution >= 0.6 is 0 Å². The number of carbonyl (C=O) groups excluding carboxylic acids is 1. The topological polar surface area (TPSA) is 49.6 Å². The summed E-state index contributed by atoms with van der Waals surface area (Å²) in [5.74, 6) is 1.18. The van der Waals surface area contributed by atoms with Crippen molar-refractivity contribution in [3.8, 4) is 0 Å². The van der Waals surface area contributed by atoms with E-state index in [4.69, 9.17) is 4.52 Å². The molecule has 1 aromatic heterocycles. The largest absolute Gasteiger partial charge is 0.361 e. The number of halogens is 1. The first-order chi connectivity index (χ1) is 13.6. The predicted octanol–water partition coefficient (Wildman–Crippen LogP) is 3.39. The SMILES string of the molecule is CCc1noc(C)c1C(=O)N1C[C@H](c2ccc(F)cc2)[C@H]2[C@@H]1C1CCN2CC1. The highest BCUT2D eigenvalue weighted by atomic mass is 19.1. The van der Waals surface area contributed by atoms with Crippen LogP contribution < -0.4 is 0 Å². The number of aromatic nitrogens is 1. The van der Waals surface area contributed by atoms with Gasteiger partial charge in [-0.05, 0) is 62.9 Å². The monoisotopic (exact) mass is 383 g/mol. The molecule has 3 atom stereocenters. The van der Waals surface area contributed by atoms with E-state index in [2.05, 4.69) is 15.0 Å². The lowest BCUT2D eigenvalue weighted by Crippen LogP contribution is -2.60. The van der Waals surface area contributed by atoms with E-state index < -0.39 is 0 Å². The van der Waals surface area contributed by atoms with Crippen molar-refractivity contribution in [2.45, 2.75) is 51.1 Å². The molecule has 0 unspecified atom stereocenters. The molecule has 2 bridgehead atoms. The molecule has 4 aliphatic rings. The van der Waals surface area contributed by atoms with Crippen molar-refractivity contribution in [1.29, 1.82) is 0 Å². The Morgan fingerprint density at radius 2 is 1.93 bits per heavy atom. The second-order valence-electron chi connectivity index (χ2n) is 8.38. The van der Waals surface area contributed by atoms with E-state index in [1.807, 2.05) is 26.0 Å². The zero-order valence-electron chi connectivity index (χ0n) is 16.4. The molecule has 4 saturated heterocycles. The fourth-order valence-electron chi connectivity index (χ4n) is 5.73. The molecule has 1 aromatic carbocycles.